The second kappa shape index (κ2) is 7.29. The molecular formula is C15H16BrF2NS. The van der Waals surface area contributed by atoms with Crippen LogP contribution in [0.15, 0.2) is 34.1 Å². The second-order valence-electron chi connectivity index (χ2n) is 4.61. The molecule has 0 fully saturated rings. The lowest BCUT2D eigenvalue weighted by Crippen LogP contribution is -2.24. The maximum Gasteiger partial charge on any atom is 0.126 e. The minimum absolute atomic E-state index is 0.0879. The van der Waals surface area contributed by atoms with Gasteiger partial charge in [0.15, 0.2) is 0 Å². The summed E-state index contributed by atoms with van der Waals surface area (Å²) in [6.45, 7) is 2.88. The molecule has 0 amide bonds. The van der Waals surface area contributed by atoms with Crippen LogP contribution < -0.4 is 5.32 Å². The maximum atomic E-state index is 13.4. The second-order valence-corrected chi connectivity index (χ2v) is 6.46. The van der Waals surface area contributed by atoms with Gasteiger partial charge in [-0.3, -0.25) is 0 Å². The average Bonchev–Trinajstić information content (AvgIpc) is 2.78. The van der Waals surface area contributed by atoms with E-state index in [0.717, 1.165) is 23.5 Å². The Hall–Kier alpha value is -0.780. The summed E-state index contributed by atoms with van der Waals surface area (Å²) in [5.41, 5.74) is 0.649. The molecule has 0 aliphatic rings. The Morgan fingerprint density at radius 1 is 1.25 bits per heavy atom. The van der Waals surface area contributed by atoms with Crippen molar-refractivity contribution in [2.24, 2.45) is 0 Å². The topological polar surface area (TPSA) is 12.0 Å². The molecule has 1 aromatic heterocycles. The van der Waals surface area contributed by atoms with Crippen molar-refractivity contribution in [3.63, 3.8) is 0 Å². The van der Waals surface area contributed by atoms with Gasteiger partial charge in [-0.05, 0) is 58.0 Å². The van der Waals surface area contributed by atoms with Crippen LogP contribution in [0, 0.1) is 11.6 Å². The van der Waals surface area contributed by atoms with E-state index in [4.69, 9.17) is 0 Å². The van der Waals surface area contributed by atoms with Crippen molar-refractivity contribution >= 4 is 27.3 Å². The molecule has 0 spiro atoms. The lowest BCUT2D eigenvalue weighted by molar-refractivity contribution is 0.517. The predicted octanol–water partition coefficient (Wildman–Crippen LogP) is 5.07. The zero-order valence-electron chi connectivity index (χ0n) is 11.1. The van der Waals surface area contributed by atoms with Crippen LogP contribution in [0.1, 0.15) is 29.8 Å². The van der Waals surface area contributed by atoms with Crippen molar-refractivity contribution in [1.82, 2.24) is 5.32 Å². The first-order chi connectivity index (χ1) is 9.60. The highest BCUT2D eigenvalue weighted by Crippen LogP contribution is 2.29. The van der Waals surface area contributed by atoms with Gasteiger partial charge < -0.3 is 5.32 Å². The molecule has 1 heterocycles. The van der Waals surface area contributed by atoms with E-state index in [1.807, 2.05) is 11.4 Å². The van der Waals surface area contributed by atoms with E-state index in [1.54, 1.807) is 11.3 Å². The van der Waals surface area contributed by atoms with E-state index >= 15 is 0 Å². The van der Waals surface area contributed by atoms with Crippen LogP contribution in [0.3, 0.4) is 0 Å². The normalized spacial score (nSPS) is 12.6. The lowest BCUT2D eigenvalue weighted by atomic mass is 10.0. The maximum absolute atomic E-state index is 13.4. The van der Waals surface area contributed by atoms with Crippen molar-refractivity contribution < 1.29 is 8.78 Å². The van der Waals surface area contributed by atoms with Crippen molar-refractivity contribution in [1.29, 1.82) is 0 Å². The van der Waals surface area contributed by atoms with Gasteiger partial charge in [-0.15, -0.1) is 11.3 Å². The van der Waals surface area contributed by atoms with Crippen LogP contribution in [0.25, 0.3) is 0 Å². The van der Waals surface area contributed by atoms with Gasteiger partial charge in [0.25, 0.3) is 0 Å². The fourth-order valence-corrected chi connectivity index (χ4v) is 3.62. The number of rotatable bonds is 6. The summed E-state index contributed by atoms with van der Waals surface area (Å²) in [6.07, 6.45) is 1.68. The van der Waals surface area contributed by atoms with Gasteiger partial charge in [0.1, 0.15) is 11.6 Å². The van der Waals surface area contributed by atoms with Crippen LogP contribution in [0.5, 0.6) is 0 Å². The molecule has 0 radical (unpaired) electrons. The van der Waals surface area contributed by atoms with Crippen LogP contribution >= 0.6 is 27.3 Å². The Bertz CT molecular complexity index is 551. The Balaban J connectivity index is 2.24. The Kier molecular flexibility index (Phi) is 5.69. The molecule has 2 rings (SSSR count). The first-order valence-electron chi connectivity index (χ1n) is 6.51. The van der Waals surface area contributed by atoms with Crippen LogP contribution in [-0.2, 0) is 6.42 Å². The fourth-order valence-electron chi connectivity index (χ4n) is 2.06. The van der Waals surface area contributed by atoms with Gasteiger partial charge in [-0.25, -0.2) is 8.78 Å². The number of halogens is 3. The number of hydrogen-bond acceptors (Lipinski definition) is 2. The van der Waals surface area contributed by atoms with Crippen molar-refractivity contribution in [3.05, 3.63) is 56.2 Å². The molecule has 108 valence electrons. The molecule has 0 bridgehead atoms. The summed E-state index contributed by atoms with van der Waals surface area (Å²) in [7, 11) is 0. The molecule has 1 atom stereocenters. The largest absolute Gasteiger partial charge is 0.310 e. The van der Waals surface area contributed by atoms with Crippen molar-refractivity contribution in [3.8, 4) is 0 Å². The highest BCUT2D eigenvalue weighted by molar-refractivity contribution is 9.10. The molecule has 20 heavy (non-hydrogen) atoms. The zero-order valence-corrected chi connectivity index (χ0v) is 13.5. The Morgan fingerprint density at radius 3 is 2.50 bits per heavy atom. The smallest absolute Gasteiger partial charge is 0.126 e. The van der Waals surface area contributed by atoms with E-state index < -0.39 is 11.6 Å². The predicted molar refractivity (Wildman–Crippen MR) is 83.1 cm³/mol. The first kappa shape index (κ1) is 15.6. The molecule has 0 saturated heterocycles. The monoisotopic (exact) mass is 359 g/mol. The number of hydrogen-bond donors (Lipinski definition) is 1. The van der Waals surface area contributed by atoms with Crippen LogP contribution in [-0.4, -0.2) is 6.54 Å². The van der Waals surface area contributed by atoms with Crippen LogP contribution in [0.2, 0.25) is 0 Å². The van der Waals surface area contributed by atoms with E-state index in [0.29, 0.717) is 12.0 Å². The van der Waals surface area contributed by atoms with Gasteiger partial charge in [0.05, 0.1) is 0 Å². The molecule has 0 saturated carbocycles. The molecule has 1 nitrogen and oxygen atoms in total. The summed E-state index contributed by atoms with van der Waals surface area (Å²) >= 11 is 5.14. The quantitative estimate of drug-likeness (QED) is 0.758. The summed E-state index contributed by atoms with van der Waals surface area (Å²) < 4.78 is 27.8. The third-order valence-corrected chi connectivity index (χ3v) is 4.96. The summed E-state index contributed by atoms with van der Waals surface area (Å²) in [6, 6.07) is 5.61. The third kappa shape index (κ3) is 4.11. The summed E-state index contributed by atoms with van der Waals surface area (Å²) in [5, 5.41) is 5.36. The molecule has 0 aliphatic heterocycles. The number of benzene rings is 1. The molecule has 1 unspecified atom stereocenters. The molecule has 1 aromatic carbocycles. The van der Waals surface area contributed by atoms with Gasteiger partial charge in [0.2, 0.25) is 0 Å². The SMILES string of the molecule is CCCNC(Cc1sccc1Br)c1cc(F)cc(F)c1. The average molecular weight is 360 g/mol. The molecular weight excluding hydrogens is 344 g/mol. The van der Waals surface area contributed by atoms with Gasteiger partial charge in [-0.1, -0.05) is 6.92 Å². The zero-order chi connectivity index (χ0) is 14.5. The summed E-state index contributed by atoms with van der Waals surface area (Å²) in [4.78, 5) is 1.17. The summed E-state index contributed by atoms with van der Waals surface area (Å²) in [5.74, 6) is -1.07. The molecule has 0 aliphatic carbocycles. The highest BCUT2D eigenvalue weighted by Gasteiger charge is 2.16. The van der Waals surface area contributed by atoms with Crippen molar-refractivity contribution in [2.75, 3.05) is 6.54 Å². The van der Waals surface area contributed by atoms with E-state index in [-0.39, 0.29) is 6.04 Å². The fraction of sp³-hybridized carbons (Fsp3) is 0.333. The van der Waals surface area contributed by atoms with E-state index in [1.165, 1.54) is 17.0 Å². The first-order valence-corrected chi connectivity index (χ1v) is 8.18. The molecule has 2 aromatic rings. The number of thiophene rings is 1. The van der Waals surface area contributed by atoms with Gasteiger partial charge in [-0.2, -0.15) is 0 Å². The van der Waals surface area contributed by atoms with E-state index in [2.05, 4.69) is 28.2 Å². The highest BCUT2D eigenvalue weighted by atomic mass is 79.9. The van der Waals surface area contributed by atoms with Crippen LogP contribution in [0.4, 0.5) is 8.78 Å². The standard InChI is InChI=1S/C15H16BrF2NS/c1-2-4-19-14(9-15-13(16)3-5-20-15)10-6-11(17)8-12(18)7-10/h3,5-8,14,19H,2,4,9H2,1H3. The van der Waals surface area contributed by atoms with Gasteiger partial charge >= 0.3 is 0 Å². The van der Waals surface area contributed by atoms with Gasteiger partial charge in [0, 0.05) is 27.9 Å². The molecule has 1 N–H and O–H groups in total. The van der Waals surface area contributed by atoms with E-state index in [9.17, 15) is 8.78 Å². The Morgan fingerprint density at radius 2 is 1.95 bits per heavy atom. The minimum atomic E-state index is -0.534. The molecule has 5 heteroatoms. The minimum Gasteiger partial charge on any atom is -0.310 e. The Labute approximate surface area is 130 Å². The number of nitrogens with one attached hydrogen (secondary N) is 1. The third-order valence-electron chi connectivity index (χ3n) is 3.01. The van der Waals surface area contributed by atoms with Crippen molar-refractivity contribution in [2.45, 2.75) is 25.8 Å². The lowest BCUT2D eigenvalue weighted by Gasteiger charge is -2.19.